The quantitative estimate of drug-likeness (QED) is 0.214. The van der Waals surface area contributed by atoms with Crippen molar-refractivity contribution in [3.05, 3.63) is 107 Å². The highest BCUT2D eigenvalue weighted by molar-refractivity contribution is 6.00. The van der Waals surface area contributed by atoms with Crippen LogP contribution in [0.2, 0.25) is 0 Å². The van der Waals surface area contributed by atoms with E-state index in [9.17, 15) is 22.8 Å². The first-order chi connectivity index (χ1) is 23.7. The van der Waals surface area contributed by atoms with Gasteiger partial charge in [-0.2, -0.15) is 13.2 Å². The summed E-state index contributed by atoms with van der Waals surface area (Å²) < 4.78 is 43.9. The van der Waals surface area contributed by atoms with Gasteiger partial charge < -0.3 is 24.8 Å². The number of hydrogen-bond acceptors (Lipinski definition) is 7. The molecule has 2 amide bonds. The predicted molar refractivity (Wildman–Crippen MR) is 181 cm³/mol. The lowest BCUT2D eigenvalue weighted by molar-refractivity contribution is -0.141. The zero-order chi connectivity index (χ0) is 34.4. The molecule has 3 aromatic carbocycles. The molecular formula is C37H39F3N6O3. The number of carbonyl (C=O) groups excluding carboxylic acids is 2. The first kappa shape index (κ1) is 33.9. The summed E-state index contributed by atoms with van der Waals surface area (Å²) in [7, 11) is 0. The highest BCUT2D eigenvalue weighted by Crippen LogP contribution is 2.33. The number of likely N-dealkylation sites (N-methyl/N-ethyl adjacent to an activating group) is 1. The van der Waals surface area contributed by atoms with Gasteiger partial charge in [-0.25, -0.2) is 0 Å². The third-order valence-corrected chi connectivity index (χ3v) is 9.17. The molecule has 9 nitrogen and oxygen atoms in total. The van der Waals surface area contributed by atoms with Crippen LogP contribution in [0.3, 0.4) is 0 Å². The van der Waals surface area contributed by atoms with E-state index in [1.165, 1.54) is 0 Å². The van der Waals surface area contributed by atoms with Crippen LogP contribution < -0.4 is 15.0 Å². The number of halogens is 3. The Morgan fingerprint density at radius 3 is 2.20 bits per heavy atom. The second-order valence-electron chi connectivity index (χ2n) is 12.4. The molecule has 12 heteroatoms. The summed E-state index contributed by atoms with van der Waals surface area (Å²) in [5.41, 5.74) is 3.04. The molecule has 1 N–H and O–H groups in total. The number of alkyl halides is 3. The molecule has 2 saturated heterocycles. The molecule has 256 valence electrons. The lowest BCUT2D eigenvalue weighted by atomic mass is 9.89. The highest BCUT2D eigenvalue weighted by atomic mass is 19.4. The fourth-order valence-corrected chi connectivity index (χ4v) is 6.38. The minimum absolute atomic E-state index is 0.0291. The monoisotopic (exact) mass is 672 g/mol. The molecule has 0 aliphatic carbocycles. The number of carbonyl (C=O) groups is 2. The van der Waals surface area contributed by atoms with Crippen LogP contribution in [0.1, 0.15) is 52.9 Å². The van der Waals surface area contributed by atoms with E-state index < -0.39 is 11.9 Å². The topological polar surface area (TPSA) is 90.9 Å². The van der Waals surface area contributed by atoms with Gasteiger partial charge >= 0.3 is 6.18 Å². The molecule has 4 aromatic rings. The molecule has 0 radical (unpaired) electrons. The van der Waals surface area contributed by atoms with E-state index in [0.717, 1.165) is 74.5 Å². The van der Waals surface area contributed by atoms with E-state index in [0.29, 0.717) is 30.1 Å². The average molecular weight is 673 g/mol. The maximum atomic E-state index is 13.7. The van der Waals surface area contributed by atoms with E-state index in [1.54, 1.807) is 12.1 Å². The third kappa shape index (κ3) is 8.55. The Balaban J connectivity index is 1.09. The van der Waals surface area contributed by atoms with Crippen molar-refractivity contribution in [2.75, 3.05) is 56.0 Å². The number of piperidine rings is 1. The van der Waals surface area contributed by atoms with E-state index in [2.05, 4.69) is 32.2 Å². The number of amides is 2. The fraction of sp³-hybridized carbons (Fsp3) is 0.351. The predicted octanol–water partition coefficient (Wildman–Crippen LogP) is 6.63. The van der Waals surface area contributed by atoms with Crippen LogP contribution in [0.4, 0.5) is 24.5 Å². The number of hydrogen-bond donors (Lipinski definition) is 1. The smallest absolute Gasteiger partial charge is 0.435 e. The fourth-order valence-electron chi connectivity index (χ4n) is 6.38. The Morgan fingerprint density at radius 1 is 0.857 bits per heavy atom. The van der Waals surface area contributed by atoms with Crippen LogP contribution in [0.15, 0.2) is 84.9 Å². The molecule has 6 rings (SSSR count). The van der Waals surface area contributed by atoms with Gasteiger partial charge in [0.1, 0.15) is 5.75 Å². The van der Waals surface area contributed by atoms with E-state index in [-0.39, 0.29) is 30.0 Å². The first-order valence-electron chi connectivity index (χ1n) is 16.6. The van der Waals surface area contributed by atoms with E-state index >= 15 is 0 Å². The zero-order valence-corrected chi connectivity index (χ0v) is 27.3. The van der Waals surface area contributed by atoms with Crippen molar-refractivity contribution in [3.8, 4) is 11.6 Å². The molecule has 0 spiro atoms. The van der Waals surface area contributed by atoms with Gasteiger partial charge in [-0.3, -0.25) is 9.59 Å². The molecule has 0 atom stereocenters. The summed E-state index contributed by atoms with van der Waals surface area (Å²) in [5.74, 6) is 0.446. The van der Waals surface area contributed by atoms with Crippen LogP contribution in [0, 0.1) is 0 Å². The second kappa shape index (κ2) is 15.1. The molecule has 0 saturated carbocycles. The van der Waals surface area contributed by atoms with Gasteiger partial charge in [0.05, 0.1) is 17.8 Å². The van der Waals surface area contributed by atoms with Gasteiger partial charge in [-0.1, -0.05) is 49.4 Å². The normalized spacial score (nSPS) is 16.0. The molecular weight excluding hydrogens is 633 g/mol. The van der Waals surface area contributed by atoms with E-state index in [4.69, 9.17) is 4.74 Å². The van der Waals surface area contributed by atoms with Crippen LogP contribution >= 0.6 is 0 Å². The highest BCUT2D eigenvalue weighted by Gasteiger charge is 2.33. The Labute approximate surface area is 283 Å². The van der Waals surface area contributed by atoms with Crippen LogP contribution in [-0.2, 0) is 17.4 Å². The van der Waals surface area contributed by atoms with Gasteiger partial charge in [0.2, 0.25) is 11.8 Å². The van der Waals surface area contributed by atoms with Crippen LogP contribution in [0.25, 0.3) is 0 Å². The van der Waals surface area contributed by atoms with Gasteiger partial charge in [0.15, 0.2) is 5.69 Å². The lowest BCUT2D eigenvalue weighted by Gasteiger charge is -2.36. The summed E-state index contributed by atoms with van der Waals surface area (Å²) in [6, 6.07) is 24.6. The number of ether oxygens (including phenoxy) is 1. The number of nitrogens with zero attached hydrogens (tertiary/aromatic N) is 5. The number of anilines is 2. The summed E-state index contributed by atoms with van der Waals surface area (Å²) in [6.45, 7) is 7.88. The maximum absolute atomic E-state index is 13.7. The molecule has 1 aromatic heterocycles. The number of likely N-dealkylation sites (tertiary alicyclic amines) is 1. The average Bonchev–Trinajstić information content (AvgIpc) is 3.12. The number of piperazine rings is 1. The molecule has 0 bridgehead atoms. The van der Waals surface area contributed by atoms with Gasteiger partial charge in [-0.15, -0.1) is 10.2 Å². The summed E-state index contributed by atoms with van der Waals surface area (Å²) >= 11 is 0. The van der Waals surface area contributed by atoms with E-state index in [1.807, 2.05) is 65.6 Å². The van der Waals surface area contributed by atoms with Crippen molar-refractivity contribution in [2.24, 2.45) is 0 Å². The summed E-state index contributed by atoms with van der Waals surface area (Å²) in [6.07, 6.45) is -2.77. The Kier molecular flexibility index (Phi) is 10.4. The standard InChI is InChI=1S/C37H39F3N6O3/c1-2-44-20-22-45(23-21-44)32-13-10-29(25-31(32)41-34(47)24-26-6-4-3-5-7-26)36(48)46-18-16-28(17-19-46)27-8-11-30(12-9-27)49-35-15-14-33(42-43-35)37(38,39)40/h3-15,25,28H,2,16-24H2,1H3,(H,41,47). The minimum atomic E-state index is -4.56. The largest absolute Gasteiger partial charge is 0.438 e. The molecule has 2 aliphatic heterocycles. The third-order valence-electron chi connectivity index (χ3n) is 9.17. The number of aromatic nitrogens is 2. The van der Waals surface area contributed by atoms with Gasteiger partial charge in [0.25, 0.3) is 5.91 Å². The summed E-state index contributed by atoms with van der Waals surface area (Å²) in [5, 5.41) is 9.82. The Hall–Kier alpha value is -4.97. The molecule has 2 fully saturated rings. The molecule has 2 aliphatic rings. The molecule has 3 heterocycles. The van der Waals surface area contributed by atoms with Crippen molar-refractivity contribution >= 4 is 23.2 Å². The van der Waals surface area contributed by atoms with Gasteiger partial charge in [-0.05, 0) is 72.8 Å². The molecule has 49 heavy (non-hydrogen) atoms. The number of benzene rings is 3. The van der Waals surface area contributed by atoms with Gasteiger partial charge in [0, 0.05) is 50.9 Å². The van der Waals surface area contributed by atoms with Crippen molar-refractivity contribution in [2.45, 2.75) is 38.3 Å². The van der Waals surface area contributed by atoms with Crippen molar-refractivity contribution in [1.82, 2.24) is 20.0 Å². The second-order valence-corrected chi connectivity index (χ2v) is 12.4. The first-order valence-corrected chi connectivity index (χ1v) is 16.6. The van der Waals surface area contributed by atoms with Crippen LogP contribution in [0.5, 0.6) is 11.6 Å². The number of nitrogens with one attached hydrogen (secondary N) is 1. The summed E-state index contributed by atoms with van der Waals surface area (Å²) in [4.78, 5) is 33.4. The maximum Gasteiger partial charge on any atom is 0.435 e. The Bertz CT molecular complexity index is 1720. The Morgan fingerprint density at radius 2 is 1.57 bits per heavy atom. The van der Waals surface area contributed by atoms with Crippen molar-refractivity contribution in [3.63, 3.8) is 0 Å². The minimum Gasteiger partial charge on any atom is -0.438 e. The zero-order valence-electron chi connectivity index (χ0n) is 27.3. The number of rotatable bonds is 9. The van der Waals surface area contributed by atoms with Crippen molar-refractivity contribution < 1.29 is 27.5 Å². The molecule has 0 unspecified atom stereocenters. The lowest BCUT2D eigenvalue weighted by Crippen LogP contribution is -2.46. The SMILES string of the molecule is CCN1CCN(c2ccc(C(=O)N3CCC(c4ccc(Oc5ccc(C(F)(F)F)nn5)cc4)CC3)cc2NC(=O)Cc2ccccc2)CC1. The van der Waals surface area contributed by atoms with Crippen LogP contribution in [-0.4, -0.2) is 77.6 Å². The van der Waals surface area contributed by atoms with Crippen molar-refractivity contribution in [1.29, 1.82) is 0 Å².